The van der Waals surface area contributed by atoms with E-state index in [1.165, 1.54) is 17.6 Å². The smallest absolute Gasteiger partial charge is 0.267 e. The van der Waals surface area contributed by atoms with Crippen molar-refractivity contribution >= 4 is 17.5 Å². The van der Waals surface area contributed by atoms with E-state index in [4.69, 9.17) is 0 Å². The average Bonchev–Trinajstić information content (AvgIpc) is 2.47. The highest BCUT2D eigenvalue weighted by Gasteiger charge is 2.13. The van der Waals surface area contributed by atoms with E-state index in [1.807, 2.05) is 13.8 Å². The van der Waals surface area contributed by atoms with E-state index in [9.17, 15) is 14.4 Å². The van der Waals surface area contributed by atoms with Crippen molar-refractivity contribution in [1.29, 1.82) is 0 Å². The van der Waals surface area contributed by atoms with E-state index in [-0.39, 0.29) is 17.5 Å². The van der Waals surface area contributed by atoms with Gasteiger partial charge in [0.2, 0.25) is 5.91 Å². The van der Waals surface area contributed by atoms with Crippen LogP contribution in [0.2, 0.25) is 0 Å². The first-order chi connectivity index (χ1) is 10.9. The van der Waals surface area contributed by atoms with Crippen LogP contribution in [0.15, 0.2) is 47.4 Å². The van der Waals surface area contributed by atoms with Crippen molar-refractivity contribution in [3.8, 4) is 5.69 Å². The molecule has 2 rings (SSSR count). The molecule has 6 heteroatoms. The highest BCUT2D eigenvalue weighted by atomic mass is 16.2. The van der Waals surface area contributed by atoms with E-state index in [1.54, 1.807) is 36.5 Å². The summed E-state index contributed by atoms with van der Waals surface area (Å²) in [6, 6.07) is 9.91. The molecule has 1 aromatic heterocycles. The van der Waals surface area contributed by atoms with Crippen LogP contribution in [0.4, 0.5) is 5.69 Å². The Labute approximate surface area is 134 Å². The third-order valence-electron chi connectivity index (χ3n) is 3.08. The van der Waals surface area contributed by atoms with Gasteiger partial charge in [-0.05, 0) is 50.2 Å². The molecule has 120 valence electrons. The van der Waals surface area contributed by atoms with Gasteiger partial charge in [-0.25, -0.2) is 0 Å². The van der Waals surface area contributed by atoms with Crippen molar-refractivity contribution in [3.05, 3.63) is 58.5 Å². The molecule has 1 aromatic carbocycles. The zero-order valence-corrected chi connectivity index (χ0v) is 13.3. The van der Waals surface area contributed by atoms with Gasteiger partial charge >= 0.3 is 0 Å². The fraction of sp³-hybridized carbons (Fsp3) is 0.235. The lowest BCUT2D eigenvalue weighted by Gasteiger charge is -2.11. The Bertz CT molecular complexity index is 776. The average molecular weight is 313 g/mol. The lowest BCUT2D eigenvalue weighted by atomic mass is 10.2. The summed E-state index contributed by atoms with van der Waals surface area (Å²) in [5.41, 5.74) is 0.955. The highest BCUT2D eigenvalue weighted by Crippen LogP contribution is 2.12. The van der Waals surface area contributed by atoms with Gasteiger partial charge in [-0.1, -0.05) is 0 Å². The second kappa shape index (κ2) is 6.91. The summed E-state index contributed by atoms with van der Waals surface area (Å²) in [6.45, 7) is 5.09. The van der Waals surface area contributed by atoms with E-state index in [2.05, 4.69) is 10.6 Å². The number of pyridine rings is 1. The molecule has 0 saturated carbocycles. The van der Waals surface area contributed by atoms with Crippen LogP contribution >= 0.6 is 0 Å². The van der Waals surface area contributed by atoms with Crippen LogP contribution in [-0.4, -0.2) is 22.4 Å². The second-order valence-electron chi connectivity index (χ2n) is 5.45. The first kappa shape index (κ1) is 16.5. The summed E-state index contributed by atoms with van der Waals surface area (Å²) >= 11 is 0. The molecule has 0 atom stereocenters. The molecule has 0 unspecified atom stereocenters. The number of nitrogens with zero attached hydrogens (tertiary/aromatic N) is 1. The Kier molecular flexibility index (Phi) is 4.95. The minimum Gasteiger partial charge on any atom is -0.350 e. The number of nitrogens with one attached hydrogen (secondary N) is 2. The minimum atomic E-state index is -0.394. The number of anilines is 1. The summed E-state index contributed by atoms with van der Waals surface area (Å²) in [5, 5.41) is 5.37. The SMILES string of the molecule is CC(=O)Nc1ccc(-n2cccc(C(=O)NC(C)C)c2=O)cc1. The molecule has 0 spiro atoms. The predicted molar refractivity (Wildman–Crippen MR) is 88.9 cm³/mol. The predicted octanol–water partition coefficient (Wildman–Crippen LogP) is 1.93. The first-order valence-electron chi connectivity index (χ1n) is 7.29. The molecule has 2 amide bonds. The summed E-state index contributed by atoms with van der Waals surface area (Å²) in [5.74, 6) is -0.559. The van der Waals surface area contributed by atoms with Crippen LogP contribution in [-0.2, 0) is 4.79 Å². The summed E-state index contributed by atoms with van der Waals surface area (Å²) in [7, 11) is 0. The first-order valence-corrected chi connectivity index (χ1v) is 7.29. The summed E-state index contributed by atoms with van der Waals surface area (Å²) in [4.78, 5) is 35.6. The normalized spacial score (nSPS) is 10.4. The van der Waals surface area contributed by atoms with E-state index >= 15 is 0 Å². The Balaban J connectivity index is 2.35. The fourth-order valence-corrected chi connectivity index (χ4v) is 2.12. The van der Waals surface area contributed by atoms with E-state index in [0.717, 1.165) is 0 Å². The number of rotatable bonds is 4. The molecule has 0 aliphatic heterocycles. The van der Waals surface area contributed by atoms with Crippen molar-refractivity contribution < 1.29 is 9.59 Å². The Morgan fingerprint density at radius 2 is 1.74 bits per heavy atom. The van der Waals surface area contributed by atoms with Gasteiger partial charge in [0.15, 0.2) is 0 Å². The molecule has 0 radical (unpaired) electrons. The molecule has 0 aliphatic rings. The van der Waals surface area contributed by atoms with Crippen LogP contribution in [0, 0.1) is 0 Å². The molecule has 0 fully saturated rings. The molecule has 6 nitrogen and oxygen atoms in total. The van der Waals surface area contributed by atoms with E-state index in [0.29, 0.717) is 11.4 Å². The molecule has 0 bridgehead atoms. The van der Waals surface area contributed by atoms with Crippen LogP contribution < -0.4 is 16.2 Å². The monoisotopic (exact) mass is 313 g/mol. The van der Waals surface area contributed by atoms with Crippen molar-refractivity contribution in [1.82, 2.24) is 9.88 Å². The maximum Gasteiger partial charge on any atom is 0.267 e. The molecular formula is C17H19N3O3. The van der Waals surface area contributed by atoms with Crippen LogP contribution in [0.25, 0.3) is 5.69 Å². The number of amides is 2. The summed E-state index contributed by atoms with van der Waals surface area (Å²) in [6.07, 6.45) is 1.60. The zero-order chi connectivity index (χ0) is 17.0. The largest absolute Gasteiger partial charge is 0.350 e. The van der Waals surface area contributed by atoms with Crippen molar-refractivity contribution in [3.63, 3.8) is 0 Å². The Morgan fingerprint density at radius 3 is 2.30 bits per heavy atom. The Hall–Kier alpha value is -2.89. The van der Waals surface area contributed by atoms with Gasteiger partial charge in [0.1, 0.15) is 5.56 Å². The van der Waals surface area contributed by atoms with Gasteiger partial charge < -0.3 is 10.6 Å². The van der Waals surface area contributed by atoms with Gasteiger partial charge in [-0.3, -0.25) is 19.0 Å². The number of carbonyl (C=O) groups is 2. The van der Waals surface area contributed by atoms with Gasteiger partial charge in [-0.15, -0.1) is 0 Å². The van der Waals surface area contributed by atoms with Gasteiger partial charge in [0.25, 0.3) is 11.5 Å². The highest BCUT2D eigenvalue weighted by molar-refractivity contribution is 5.94. The maximum atomic E-state index is 12.5. The molecule has 0 aliphatic carbocycles. The second-order valence-corrected chi connectivity index (χ2v) is 5.45. The van der Waals surface area contributed by atoms with Gasteiger partial charge in [0, 0.05) is 30.5 Å². The molecule has 1 heterocycles. The fourth-order valence-electron chi connectivity index (χ4n) is 2.12. The van der Waals surface area contributed by atoms with Crippen LogP contribution in [0.5, 0.6) is 0 Å². The number of carbonyl (C=O) groups excluding carboxylic acids is 2. The standard InChI is InChI=1S/C17H19N3O3/c1-11(2)18-16(22)15-5-4-10-20(17(15)23)14-8-6-13(7-9-14)19-12(3)21/h4-11H,1-3H3,(H,18,22)(H,19,21). The number of benzene rings is 1. The van der Waals surface area contributed by atoms with Gasteiger partial charge in [0.05, 0.1) is 0 Å². The van der Waals surface area contributed by atoms with E-state index < -0.39 is 11.5 Å². The minimum absolute atomic E-state index is 0.0486. The Morgan fingerprint density at radius 1 is 1.09 bits per heavy atom. The third kappa shape index (κ3) is 4.06. The lowest BCUT2D eigenvalue weighted by molar-refractivity contribution is -0.114. The molecule has 2 N–H and O–H groups in total. The topological polar surface area (TPSA) is 80.2 Å². The maximum absolute atomic E-state index is 12.5. The lowest BCUT2D eigenvalue weighted by Crippen LogP contribution is -2.35. The quantitative estimate of drug-likeness (QED) is 0.905. The number of hydrogen-bond donors (Lipinski definition) is 2. The molecular weight excluding hydrogens is 294 g/mol. The van der Waals surface area contributed by atoms with Crippen molar-refractivity contribution in [2.45, 2.75) is 26.8 Å². The summed E-state index contributed by atoms with van der Waals surface area (Å²) < 4.78 is 1.40. The van der Waals surface area contributed by atoms with Crippen LogP contribution in [0.1, 0.15) is 31.1 Å². The van der Waals surface area contributed by atoms with Gasteiger partial charge in [-0.2, -0.15) is 0 Å². The molecule has 0 saturated heterocycles. The number of aromatic nitrogens is 1. The van der Waals surface area contributed by atoms with Crippen molar-refractivity contribution in [2.75, 3.05) is 5.32 Å². The molecule has 23 heavy (non-hydrogen) atoms. The molecule has 2 aromatic rings. The van der Waals surface area contributed by atoms with Crippen molar-refractivity contribution in [2.24, 2.45) is 0 Å². The number of hydrogen-bond acceptors (Lipinski definition) is 3. The zero-order valence-electron chi connectivity index (χ0n) is 13.3. The third-order valence-corrected chi connectivity index (χ3v) is 3.08. The van der Waals surface area contributed by atoms with Crippen LogP contribution in [0.3, 0.4) is 0 Å².